The van der Waals surface area contributed by atoms with Crippen molar-refractivity contribution in [3.05, 3.63) is 46.7 Å². The van der Waals surface area contributed by atoms with Crippen molar-refractivity contribution in [1.29, 1.82) is 0 Å². The number of benzene rings is 2. The molecule has 0 unspecified atom stereocenters. The second-order valence-electron chi connectivity index (χ2n) is 7.67. The molecule has 2 aromatic rings. The molecule has 4 rings (SSSR count). The minimum absolute atomic E-state index is 0.141. The summed E-state index contributed by atoms with van der Waals surface area (Å²) in [5.74, 6) is 2.08. The average Bonchev–Trinajstić information content (AvgIpc) is 3.11. The number of likely N-dealkylation sites (tertiary alicyclic amines) is 1. The molecule has 7 nitrogen and oxygen atoms in total. The van der Waals surface area contributed by atoms with Crippen molar-refractivity contribution in [2.45, 2.75) is 25.8 Å². The predicted octanol–water partition coefficient (Wildman–Crippen LogP) is 4.02. The highest BCUT2D eigenvalue weighted by Crippen LogP contribution is 2.42. The Kier molecular flexibility index (Phi) is 6.04. The van der Waals surface area contributed by atoms with Gasteiger partial charge in [0.15, 0.2) is 17.3 Å². The van der Waals surface area contributed by atoms with Crippen LogP contribution in [0.5, 0.6) is 28.7 Å². The van der Waals surface area contributed by atoms with Gasteiger partial charge in [0.05, 0.1) is 32.5 Å². The standard InChI is InChI=1S/C24H27NO6/c1-28-19-13-21(30-3)20(29-2)11-15(19)12-22-23(27)16-7-8-18(26)17(24(16)31-22)14-25-9-5-4-6-10-25/h7-8,11-13,26H,4-6,9-10,14H2,1-3H3. The van der Waals surface area contributed by atoms with Gasteiger partial charge >= 0.3 is 0 Å². The number of phenols is 1. The van der Waals surface area contributed by atoms with Crippen LogP contribution in [0.2, 0.25) is 0 Å². The van der Waals surface area contributed by atoms with E-state index in [0.717, 1.165) is 25.9 Å². The molecular formula is C24H27NO6. The number of Topliss-reactive ketones (excluding diaryl/α,β-unsaturated/α-hetero) is 1. The summed E-state index contributed by atoms with van der Waals surface area (Å²) in [6.07, 6.45) is 5.13. The van der Waals surface area contributed by atoms with Gasteiger partial charge in [-0.2, -0.15) is 0 Å². The second kappa shape index (κ2) is 8.89. The van der Waals surface area contributed by atoms with Crippen molar-refractivity contribution in [2.75, 3.05) is 34.4 Å². The lowest BCUT2D eigenvalue weighted by Gasteiger charge is -2.27. The van der Waals surface area contributed by atoms with Crippen molar-refractivity contribution in [1.82, 2.24) is 4.90 Å². The largest absolute Gasteiger partial charge is 0.507 e. The highest BCUT2D eigenvalue weighted by molar-refractivity contribution is 6.15. The van der Waals surface area contributed by atoms with Gasteiger partial charge in [-0.25, -0.2) is 0 Å². The molecule has 0 amide bonds. The smallest absolute Gasteiger partial charge is 0.231 e. The third kappa shape index (κ3) is 4.05. The number of hydrogen-bond donors (Lipinski definition) is 1. The van der Waals surface area contributed by atoms with Crippen LogP contribution in [-0.2, 0) is 6.54 Å². The van der Waals surface area contributed by atoms with Gasteiger partial charge in [-0.1, -0.05) is 6.42 Å². The third-order valence-corrected chi connectivity index (χ3v) is 5.77. The van der Waals surface area contributed by atoms with Crippen LogP contribution < -0.4 is 18.9 Å². The van der Waals surface area contributed by atoms with Crippen LogP contribution >= 0.6 is 0 Å². The van der Waals surface area contributed by atoms with Crippen molar-refractivity contribution < 1.29 is 28.8 Å². The topological polar surface area (TPSA) is 77.5 Å². The van der Waals surface area contributed by atoms with Gasteiger partial charge in [-0.3, -0.25) is 9.69 Å². The number of carbonyl (C=O) groups is 1. The van der Waals surface area contributed by atoms with Crippen LogP contribution in [0.25, 0.3) is 6.08 Å². The molecule has 2 aliphatic heterocycles. The number of ketones is 1. The zero-order chi connectivity index (χ0) is 22.0. The van der Waals surface area contributed by atoms with Crippen molar-refractivity contribution in [2.24, 2.45) is 0 Å². The van der Waals surface area contributed by atoms with Gasteiger partial charge in [0.2, 0.25) is 5.78 Å². The lowest BCUT2D eigenvalue weighted by molar-refractivity contribution is 0.101. The summed E-state index contributed by atoms with van der Waals surface area (Å²) < 4.78 is 22.2. The summed E-state index contributed by atoms with van der Waals surface area (Å²) in [4.78, 5) is 15.3. The number of carbonyl (C=O) groups excluding carboxylic acids is 1. The van der Waals surface area contributed by atoms with E-state index in [0.29, 0.717) is 46.2 Å². The number of piperidine rings is 1. The Bertz CT molecular complexity index is 1020. The van der Waals surface area contributed by atoms with Crippen LogP contribution in [0, 0.1) is 0 Å². The normalized spacial score (nSPS) is 17.4. The summed E-state index contributed by atoms with van der Waals surface area (Å²) in [6, 6.07) is 6.61. The molecule has 0 radical (unpaired) electrons. The first-order valence-corrected chi connectivity index (χ1v) is 10.4. The van der Waals surface area contributed by atoms with Crippen LogP contribution in [0.4, 0.5) is 0 Å². The summed E-state index contributed by atoms with van der Waals surface area (Å²) >= 11 is 0. The summed E-state index contributed by atoms with van der Waals surface area (Å²) in [5, 5.41) is 10.5. The molecule has 1 N–H and O–H groups in total. The molecule has 164 valence electrons. The molecule has 2 aliphatic rings. The number of ether oxygens (including phenoxy) is 4. The number of rotatable bonds is 6. The Hall–Kier alpha value is -3.19. The van der Waals surface area contributed by atoms with Crippen molar-refractivity contribution in [3.63, 3.8) is 0 Å². The number of methoxy groups -OCH3 is 3. The van der Waals surface area contributed by atoms with Gasteiger partial charge in [-0.05, 0) is 50.2 Å². The van der Waals surface area contributed by atoms with Crippen molar-refractivity contribution in [3.8, 4) is 28.7 Å². The predicted molar refractivity (Wildman–Crippen MR) is 116 cm³/mol. The van der Waals surface area contributed by atoms with Crippen LogP contribution in [0.3, 0.4) is 0 Å². The Morgan fingerprint density at radius 2 is 1.68 bits per heavy atom. The Morgan fingerprint density at radius 1 is 1.00 bits per heavy atom. The molecular weight excluding hydrogens is 398 g/mol. The van der Waals surface area contributed by atoms with E-state index in [-0.39, 0.29) is 17.3 Å². The van der Waals surface area contributed by atoms with Gasteiger partial charge < -0.3 is 24.1 Å². The first-order valence-electron chi connectivity index (χ1n) is 10.4. The zero-order valence-electron chi connectivity index (χ0n) is 18.1. The first-order chi connectivity index (χ1) is 15.0. The molecule has 1 fully saturated rings. The molecule has 1 saturated heterocycles. The Balaban J connectivity index is 1.69. The Labute approximate surface area is 181 Å². The van der Waals surface area contributed by atoms with E-state index in [1.165, 1.54) is 6.42 Å². The van der Waals surface area contributed by atoms with E-state index in [2.05, 4.69) is 4.90 Å². The number of phenolic OH excluding ortho intramolecular Hbond substituents is 1. The molecule has 0 aliphatic carbocycles. The summed E-state index contributed by atoms with van der Waals surface area (Å²) in [6.45, 7) is 2.50. The number of nitrogens with zero attached hydrogens (tertiary/aromatic N) is 1. The van der Waals surface area contributed by atoms with E-state index in [4.69, 9.17) is 18.9 Å². The minimum atomic E-state index is -0.230. The molecule has 0 spiro atoms. The van der Waals surface area contributed by atoms with Gasteiger partial charge in [0, 0.05) is 18.2 Å². The fraction of sp³-hybridized carbons (Fsp3) is 0.375. The quantitative estimate of drug-likeness (QED) is 0.701. The lowest BCUT2D eigenvalue weighted by atomic mass is 10.0. The van der Waals surface area contributed by atoms with Gasteiger partial charge in [-0.15, -0.1) is 0 Å². The lowest BCUT2D eigenvalue weighted by Crippen LogP contribution is -2.29. The van der Waals surface area contributed by atoms with E-state index >= 15 is 0 Å². The number of allylic oxidation sites excluding steroid dienone is 1. The maximum Gasteiger partial charge on any atom is 0.231 e. The number of hydrogen-bond acceptors (Lipinski definition) is 7. The molecule has 0 saturated carbocycles. The molecule has 2 heterocycles. The number of fused-ring (bicyclic) bond motifs is 1. The minimum Gasteiger partial charge on any atom is -0.507 e. The van der Waals surface area contributed by atoms with E-state index in [9.17, 15) is 9.90 Å². The first kappa shape index (κ1) is 21.1. The Morgan fingerprint density at radius 3 is 2.35 bits per heavy atom. The SMILES string of the molecule is COc1cc(OC)c(OC)cc1C=C1Oc2c(ccc(O)c2CN2CCCCC2)C1=O. The van der Waals surface area contributed by atoms with Crippen molar-refractivity contribution >= 4 is 11.9 Å². The molecule has 0 bridgehead atoms. The van der Waals surface area contributed by atoms with E-state index in [1.807, 2.05) is 0 Å². The third-order valence-electron chi connectivity index (χ3n) is 5.77. The van der Waals surface area contributed by atoms with Gasteiger partial charge in [0.25, 0.3) is 0 Å². The van der Waals surface area contributed by atoms with Crippen LogP contribution in [0.1, 0.15) is 40.7 Å². The van der Waals surface area contributed by atoms with Gasteiger partial charge in [0.1, 0.15) is 17.2 Å². The zero-order valence-corrected chi connectivity index (χ0v) is 18.1. The van der Waals surface area contributed by atoms with Crippen LogP contribution in [-0.4, -0.2) is 50.2 Å². The van der Waals surface area contributed by atoms with Crippen LogP contribution in [0.15, 0.2) is 30.0 Å². The average molecular weight is 425 g/mol. The number of aromatic hydroxyl groups is 1. The highest BCUT2D eigenvalue weighted by atomic mass is 16.5. The molecule has 0 atom stereocenters. The molecule has 2 aromatic carbocycles. The van der Waals surface area contributed by atoms with E-state index < -0.39 is 0 Å². The summed E-state index contributed by atoms with van der Waals surface area (Å²) in [5.41, 5.74) is 1.73. The molecule has 31 heavy (non-hydrogen) atoms. The molecule has 7 heteroatoms. The monoisotopic (exact) mass is 425 g/mol. The second-order valence-corrected chi connectivity index (χ2v) is 7.67. The summed E-state index contributed by atoms with van der Waals surface area (Å²) in [7, 11) is 4.64. The highest BCUT2D eigenvalue weighted by Gasteiger charge is 2.32. The fourth-order valence-electron chi connectivity index (χ4n) is 4.10. The fourth-order valence-corrected chi connectivity index (χ4v) is 4.10. The van der Waals surface area contributed by atoms with E-state index in [1.54, 1.807) is 51.7 Å². The maximum absolute atomic E-state index is 13.0. The maximum atomic E-state index is 13.0. The molecule has 0 aromatic heterocycles.